The number of nitrogens with two attached hydrogens (primary N) is 1. The Balaban J connectivity index is 1.75. The van der Waals surface area contributed by atoms with Crippen LogP contribution in [-0.2, 0) is 22.4 Å². The molecule has 1 aromatic heterocycles. The first-order chi connectivity index (χ1) is 12.5. The van der Waals surface area contributed by atoms with Crippen LogP contribution in [0.15, 0.2) is 0 Å². The second kappa shape index (κ2) is 8.20. The Morgan fingerprint density at radius 1 is 1.15 bits per heavy atom. The van der Waals surface area contributed by atoms with E-state index in [1.54, 1.807) is 4.90 Å². The zero-order valence-electron chi connectivity index (χ0n) is 15.3. The molecule has 0 bridgehead atoms. The first kappa shape index (κ1) is 18.9. The van der Waals surface area contributed by atoms with E-state index in [2.05, 4.69) is 5.32 Å². The summed E-state index contributed by atoms with van der Waals surface area (Å²) in [6.07, 6.45) is 8.41. The van der Waals surface area contributed by atoms with Crippen molar-refractivity contribution in [1.29, 1.82) is 0 Å². The lowest BCUT2D eigenvalue weighted by molar-refractivity contribution is -0.136. The van der Waals surface area contributed by atoms with E-state index in [9.17, 15) is 14.4 Å². The lowest BCUT2D eigenvalue weighted by Gasteiger charge is -2.28. The van der Waals surface area contributed by atoms with Gasteiger partial charge in [-0.15, -0.1) is 11.3 Å². The van der Waals surface area contributed by atoms with Crippen LogP contribution < -0.4 is 11.1 Å². The van der Waals surface area contributed by atoms with Crippen LogP contribution in [0, 0.1) is 0 Å². The van der Waals surface area contributed by atoms with Crippen molar-refractivity contribution in [1.82, 2.24) is 4.90 Å². The number of hydrogen-bond acceptors (Lipinski definition) is 4. The predicted octanol–water partition coefficient (Wildman–Crippen LogP) is 2.85. The Bertz CT molecular complexity index is 707. The Kier molecular flexibility index (Phi) is 5.96. The molecule has 0 saturated heterocycles. The number of rotatable bonds is 6. The maximum atomic E-state index is 12.6. The van der Waals surface area contributed by atoms with E-state index in [-0.39, 0.29) is 24.4 Å². The molecule has 0 aliphatic heterocycles. The van der Waals surface area contributed by atoms with Crippen LogP contribution in [0.2, 0.25) is 0 Å². The number of carbonyl (C=O) groups excluding carboxylic acids is 3. The van der Waals surface area contributed by atoms with Gasteiger partial charge >= 0.3 is 0 Å². The summed E-state index contributed by atoms with van der Waals surface area (Å²) in [5.41, 5.74) is 7.05. The van der Waals surface area contributed by atoms with Gasteiger partial charge in [-0.25, -0.2) is 0 Å². The largest absolute Gasteiger partial charge is 0.365 e. The van der Waals surface area contributed by atoms with Gasteiger partial charge in [-0.2, -0.15) is 0 Å². The molecule has 2 aliphatic carbocycles. The Morgan fingerprint density at radius 2 is 1.85 bits per heavy atom. The number of nitrogens with one attached hydrogen (secondary N) is 1. The van der Waals surface area contributed by atoms with Crippen LogP contribution >= 0.6 is 11.3 Å². The monoisotopic (exact) mass is 377 g/mol. The van der Waals surface area contributed by atoms with E-state index in [1.165, 1.54) is 11.3 Å². The number of anilines is 1. The van der Waals surface area contributed by atoms with E-state index in [0.29, 0.717) is 17.0 Å². The molecule has 3 amide bonds. The van der Waals surface area contributed by atoms with E-state index in [1.807, 2.05) is 6.92 Å². The third-order valence-electron chi connectivity index (χ3n) is 5.37. The van der Waals surface area contributed by atoms with E-state index >= 15 is 0 Å². The Labute approximate surface area is 158 Å². The molecule has 0 unspecified atom stereocenters. The summed E-state index contributed by atoms with van der Waals surface area (Å²) in [6.45, 7) is 1.86. The van der Waals surface area contributed by atoms with Gasteiger partial charge in [0, 0.05) is 17.3 Å². The Hall–Kier alpha value is -1.89. The first-order valence-corrected chi connectivity index (χ1v) is 10.4. The highest BCUT2D eigenvalue weighted by Gasteiger charge is 2.29. The summed E-state index contributed by atoms with van der Waals surface area (Å²) in [6, 6.07) is 0.153. The van der Waals surface area contributed by atoms with Crippen LogP contribution in [0.5, 0.6) is 0 Å². The normalized spacial score (nSPS) is 17.0. The lowest BCUT2D eigenvalue weighted by atomic mass is 9.95. The van der Waals surface area contributed by atoms with Crippen molar-refractivity contribution in [2.45, 2.75) is 70.8 Å². The summed E-state index contributed by atoms with van der Waals surface area (Å²) in [5, 5.41) is 3.41. The molecule has 3 N–H and O–H groups in total. The standard InChI is InChI=1S/C19H27N3O3S/c1-2-16(24)22(12-7-3-4-8-12)11-15(23)21-19-17(18(20)25)13-9-5-6-10-14(13)26-19/h12H,2-11H2,1H3,(H2,20,25)(H,21,23). The molecule has 1 aromatic rings. The van der Waals surface area contributed by atoms with Gasteiger partial charge in [0.05, 0.1) is 5.56 Å². The van der Waals surface area contributed by atoms with Gasteiger partial charge in [0.25, 0.3) is 5.91 Å². The molecule has 1 saturated carbocycles. The molecule has 6 nitrogen and oxygen atoms in total. The molecule has 2 aliphatic rings. The average Bonchev–Trinajstić information content (AvgIpc) is 3.26. The molecule has 7 heteroatoms. The van der Waals surface area contributed by atoms with Gasteiger partial charge in [-0.1, -0.05) is 19.8 Å². The molecule has 142 valence electrons. The lowest BCUT2D eigenvalue weighted by Crippen LogP contribution is -2.43. The number of fused-ring (bicyclic) bond motifs is 1. The third kappa shape index (κ3) is 3.92. The van der Waals surface area contributed by atoms with Crippen LogP contribution in [0.4, 0.5) is 5.00 Å². The topological polar surface area (TPSA) is 92.5 Å². The van der Waals surface area contributed by atoms with Gasteiger partial charge in [0.1, 0.15) is 11.5 Å². The molecule has 1 heterocycles. The minimum atomic E-state index is -0.489. The number of primary amides is 1. The van der Waals surface area contributed by atoms with Gasteiger partial charge in [-0.3, -0.25) is 14.4 Å². The maximum absolute atomic E-state index is 12.6. The highest BCUT2D eigenvalue weighted by molar-refractivity contribution is 7.17. The number of hydrogen-bond donors (Lipinski definition) is 2. The quantitative estimate of drug-likeness (QED) is 0.798. The van der Waals surface area contributed by atoms with Crippen molar-refractivity contribution in [3.8, 4) is 0 Å². The summed E-state index contributed by atoms with van der Waals surface area (Å²) in [5.74, 6) is -0.732. The average molecular weight is 378 g/mol. The van der Waals surface area contributed by atoms with Crippen molar-refractivity contribution < 1.29 is 14.4 Å². The fourth-order valence-corrected chi connectivity index (χ4v) is 5.39. The van der Waals surface area contributed by atoms with Gasteiger partial charge < -0.3 is 16.0 Å². The fourth-order valence-electron chi connectivity index (χ4n) is 4.08. The van der Waals surface area contributed by atoms with Crippen LogP contribution in [-0.4, -0.2) is 35.2 Å². The molecule has 0 radical (unpaired) electrons. The van der Waals surface area contributed by atoms with Crippen LogP contribution in [0.25, 0.3) is 0 Å². The molecule has 3 rings (SSSR count). The van der Waals surface area contributed by atoms with Crippen molar-refractivity contribution in [3.63, 3.8) is 0 Å². The molecule has 1 fully saturated rings. The number of thiophene rings is 1. The number of nitrogens with zero attached hydrogens (tertiary/aromatic N) is 1. The highest BCUT2D eigenvalue weighted by atomic mass is 32.1. The van der Waals surface area contributed by atoms with E-state index in [4.69, 9.17) is 5.73 Å². The summed E-state index contributed by atoms with van der Waals surface area (Å²) >= 11 is 1.46. The van der Waals surface area contributed by atoms with Crippen molar-refractivity contribution in [2.75, 3.05) is 11.9 Å². The minimum Gasteiger partial charge on any atom is -0.365 e. The van der Waals surface area contributed by atoms with Crippen molar-refractivity contribution in [3.05, 3.63) is 16.0 Å². The summed E-state index contributed by atoms with van der Waals surface area (Å²) in [7, 11) is 0. The molecular weight excluding hydrogens is 350 g/mol. The molecule has 26 heavy (non-hydrogen) atoms. The SMILES string of the molecule is CCC(=O)N(CC(=O)Nc1sc2c(c1C(N)=O)CCCC2)C1CCCC1. The zero-order valence-corrected chi connectivity index (χ0v) is 16.1. The van der Waals surface area contributed by atoms with Gasteiger partial charge in [-0.05, 0) is 44.1 Å². The highest BCUT2D eigenvalue weighted by Crippen LogP contribution is 2.38. The van der Waals surface area contributed by atoms with Crippen LogP contribution in [0.3, 0.4) is 0 Å². The predicted molar refractivity (Wildman–Crippen MR) is 102 cm³/mol. The molecule has 0 aromatic carbocycles. The second-order valence-electron chi connectivity index (χ2n) is 7.14. The maximum Gasteiger partial charge on any atom is 0.251 e. The van der Waals surface area contributed by atoms with Crippen LogP contribution in [0.1, 0.15) is 72.7 Å². The third-order valence-corrected chi connectivity index (χ3v) is 6.58. The number of carbonyl (C=O) groups is 3. The minimum absolute atomic E-state index is 0.00708. The molecular formula is C19H27N3O3S. The Morgan fingerprint density at radius 3 is 2.50 bits per heavy atom. The molecule has 0 spiro atoms. The number of aryl methyl sites for hydroxylation is 1. The smallest absolute Gasteiger partial charge is 0.251 e. The summed E-state index contributed by atoms with van der Waals surface area (Å²) < 4.78 is 0. The first-order valence-electron chi connectivity index (χ1n) is 9.55. The number of amides is 3. The van der Waals surface area contributed by atoms with E-state index < -0.39 is 5.91 Å². The van der Waals surface area contributed by atoms with Crippen molar-refractivity contribution >= 4 is 34.1 Å². The van der Waals surface area contributed by atoms with Gasteiger partial charge in [0.15, 0.2) is 0 Å². The van der Waals surface area contributed by atoms with Gasteiger partial charge in [0.2, 0.25) is 11.8 Å². The zero-order chi connectivity index (χ0) is 18.7. The molecule has 0 atom stereocenters. The second-order valence-corrected chi connectivity index (χ2v) is 8.25. The summed E-state index contributed by atoms with van der Waals surface area (Å²) in [4.78, 5) is 39.7. The van der Waals surface area contributed by atoms with E-state index in [0.717, 1.165) is 61.8 Å². The fraction of sp³-hybridized carbons (Fsp3) is 0.632. The van der Waals surface area contributed by atoms with Crippen molar-refractivity contribution in [2.24, 2.45) is 5.73 Å².